The summed E-state index contributed by atoms with van der Waals surface area (Å²) in [6.45, 7) is 6.19. The van der Waals surface area contributed by atoms with Crippen LogP contribution >= 0.6 is 0 Å². The molecule has 0 aliphatic heterocycles. The van der Waals surface area contributed by atoms with Crippen molar-refractivity contribution in [2.24, 2.45) is 0 Å². The first-order valence-electron chi connectivity index (χ1n) is 6.32. The van der Waals surface area contributed by atoms with Gasteiger partial charge in [0.05, 0.1) is 25.7 Å². The largest absolute Gasteiger partial charge is 0.469 e. The van der Waals surface area contributed by atoms with Crippen LogP contribution in [0.4, 0.5) is 0 Å². The molecule has 0 spiro atoms. The van der Waals surface area contributed by atoms with Crippen molar-refractivity contribution in [1.82, 2.24) is 0 Å². The molecule has 0 aromatic carbocycles. The lowest BCUT2D eigenvalue weighted by Crippen LogP contribution is -2.20. The van der Waals surface area contributed by atoms with E-state index in [1.165, 1.54) is 32.8 Å². The van der Waals surface area contributed by atoms with Crippen LogP contribution in [0.5, 0.6) is 0 Å². The Labute approximate surface area is 99.5 Å². The molecule has 0 amide bonds. The Bertz CT molecular complexity index is 180. The van der Waals surface area contributed by atoms with Crippen LogP contribution in [0.3, 0.4) is 0 Å². The van der Waals surface area contributed by atoms with Crippen LogP contribution in [0.1, 0.15) is 59.3 Å². The second kappa shape index (κ2) is 9.64. The van der Waals surface area contributed by atoms with Crippen LogP contribution in [-0.2, 0) is 14.3 Å². The molecule has 0 aliphatic rings. The summed E-state index contributed by atoms with van der Waals surface area (Å²) in [6.07, 6.45) is 6.64. The van der Waals surface area contributed by atoms with Gasteiger partial charge in [0.25, 0.3) is 0 Å². The van der Waals surface area contributed by atoms with Crippen molar-refractivity contribution in [2.45, 2.75) is 71.5 Å². The second-order valence-electron chi connectivity index (χ2n) is 4.39. The average Bonchev–Trinajstić information content (AvgIpc) is 2.24. The van der Waals surface area contributed by atoms with E-state index in [9.17, 15) is 4.79 Å². The van der Waals surface area contributed by atoms with E-state index >= 15 is 0 Å². The van der Waals surface area contributed by atoms with E-state index in [0.29, 0.717) is 6.42 Å². The van der Waals surface area contributed by atoms with Gasteiger partial charge in [-0.15, -0.1) is 0 Å². The third kappa shape index (κ3) is 8.72. The average molecular weight is 230 g/mol. The number of methoxy groups -OCH3 is 1. The van der Waals surface area contributed by atoms with Crippen LogP contribution in [0, 0.1) is 0 Å². The van der Waals surface area contributed by atoms with Crippen molar-refractivity contribution in [3.63, 3.8) is 0 Å². The molecule has 0 aromatic heterocycles. The lowest BCUT2D eigenvalue weighted by Gasteiger charge is -2.18. The highest BCUT2D eigenvalue weighted by atomic mass is 16.5. The van der Waals surface area contributed by atoms with Gasteiger partial charge >= 0.3 is 5.97 Å². The maximum Gasteiger partial charge on any atom is 0.308 e. The fourth-order valence-electron chi connectivity index (χ4n) is 1.69. The van der Waals surface area contributed by atoms with E-state index in [2.05, 4.69) is 18.6 Å². The molecule has 2 unspecified atom stereocenters. The molecule has 2 atom stereocenters. The fourth-order valence-corrected chi connectivity index (χ4v) is 1.69. The molecule has 3 nitrogen and oxygen atoms in total. The van der Waals surface area contributed by atoms with Gasteiger partial charge in [0, 0.05) is 0 Å². The SMILES string of the molecule is CCCCCCC(C)OC(C)CC(=O)OC. The van der Waals surface area contributed by atoms with E-state index in [0.717, 1.165) is 6.42 Å². The van der Waals surface area contributed by atoms with Crippen molar-refractivity contribution in [3.05, 3.63) is 0 Å². The predicted molar refractivity (Wildman–Crippen MR) is 65.4 cm³/mol. The summed E-state index contributed by atoms with van der Waals surface area (Å²) in [7, 11) is 1.41. The molecule has 16 heavy (non-hydrogen) atoms. The molecule has 0 saturated heterocycles. The number of unbranched alkanes of at least 4 members (excludes halogenated alkanes) is 3. The van der Waals surface area contributed by atoms with Gasteiger partial charge in [-0.05, 0) is 20.3 Å². The third-order valence-electron chi connectivity index (χ3n) is 2.61. The van der Waals surface area contributed by atoms with Gasteiger partial charge in [0.15, 0.2) is 0 Å². The molecular formula is C13H26O3. The number of carbonyl (C=O) groups excluding carboxylic acids is 1. The smallest absolute Gasteiger partial charge is 0.308 e. The molecule has 96 valence electrons. The number of esters is 1. The van der Waals surface area contributed by atoms with Gasteiger partial charge in [0.2, 0.25) is 0 Å². The van der Waals surface area contributed by atoms with Crippen LogP contribution in [0.25, 0.3) is 0 Å². The number of ether oxygens (including phenoxy) is 2. The zero-order valence-corrected chi connectivity index (χ0v) is 11.1. The molecule has 0 aromatic rings. The number of hydrogen-bond acceptors (Lipinski definition) is 3. The maximum atomic E-state index is 11.0. The minimum Gasteiger partial charge on any atom is -0.469 e. The first-order valence-corrected chi connectivity index (χ1v) is 6.32. The highest BCUT2D eigenvalue weighted by Crippen LogP contribution is 2.11. The fraction of sp³-hybridized carbons (Fsp3) is 0.923. The van der Waals surface area contributed by atoms with Crippen molar-refractivity contribution in [3.8, 4) is 0 Å². The molecule has 0 N–H and O–H groups in total. The molecule has 0 heterocycles. The van der Waals surface area contributed by atoms with E-state index in [1.54, 1.807) is 0 Å². The number of hydrogen-bond donors (Lipinski definition) is 0. The van der Waals surface area contributed by atoms with E-state index in [-0.39, 0.29) is 18.2 Å². The van der Waals surface area contributed by atoms with Crippen LogP contribution in [-0.4, -0.2) is 25.3 Å². The lowest BCUT2D eigenvalue weighted by atomic mass is 10.1. The molecule has 0 aliphatic carbocycles. The summed E-state index contributed by atoms with van der Waals surface area (Å²) in [6, 6.07) is 0. The van der Waals surface area contributed by atoms with Crippen molar-refractivity contribution >= 4 is 5.97 Å². The normalized spacial score (nSPS) is 14.5. The first-order chi connectivity index (χ1) is 7.60. The van der Waals surface area contributed by atoms with Crippen LogP contribution in [0.2, 0.25) is 0 Å². The molecule has 0 rings (SSSR count). The zero-order chi connectivity index (χ0) is 12.4. The summed E-state index contributed by atoms with van der Waals surface area (Å²) >= 11 is 0. The standard InChI is InChI=1S/C13H26O3/c1-5-6-7-8-9-11(2)16-12(3)10-13(14)15-4/h11-12H,5-10H2,1-4H3. The predicted octanol–water partition coefficient (Wildman–Crippen LogP) is 3.31. The summed E-state index contributed by atoms with van der Waals surface area (Å²) in [5, 5.41) is 0. The summed E-state index contributed by atoms with van der Waals surface area (Å²) in [5.41, 5.74) is 0. The molecule has 0 radical (unpaired) electrons. The Balaban J connectivity index is 3.53. The lowest BCUT2D eigenvalue weighted by molar-refractivity contribution is -0.144. The highest BCUT2D eigenvalue weighted by molar-refractivity contribution is 5.69. The molecule has 0 bridgehead atoms. The van der Waals surface area contributed by atoms with Gasteiger partial charge in [-0.25, -0.2) is 0 Å². The minimum absolute atomic E-state index is 0.0476. The van der Waals surface area contributed by atoms with Gasteiger partial charge < -0.3 is 9.47 Å². The summed E-state index contributed by atoms with van der Waals surface area (Å²) in [4.78, 5) is 11.0. The molecule has 3 heteroatoms. The van der Waals surface area contributed by atoms with Crippen molar-refractivity contribution in [2.75, 3.05) is 7.11 Å². The summed E-state index contributed by atoms with van der Waals surface area (Å²) < 4.78 is 10.3. The Kier molecular flexibility index (Phi) is 9.30. The Morgan fingerprint density at radius 2 is 1.81 bits per heavy atom. The summed E-state index contributed by atoms with van der Waals surface area (Å²) in [5.74, 6) is -0.203. The van der Waals surface area contributed by atoms with Crippen molar-refractivity contribution in [1.29, 1.82) is 0 Å². The zero-order valence-electron chi connectivity index (χ0n) is 11.1. The Morgan fingerprint density at radius 3 is 2.38 bits per heavy atom. The quantitative estimate of drug-likeness (QED) is 0.450. The number of rotatable bonds is 9. The minimum atomic E-state index is -0.203. The monoisotopic (exact) mass is 230 g/mol. The molecule has 0 fully saturated rings. The Morgan fingerprint density at radius 1 is 1.12 bits per heavy atom. The molecular weight excluding hydrogens is 204 g/mol. The highest BCUT2D eigenvalue weighted by Gasteiger charge is 2.12. The topological polar surface area (TPSA) is 35.5 Å². The molecule has 0 saturated carbocycles. The van der Waals surface area contributed by atoms with E-state index in [4.69, 9.17) is 4.74 Å². The van der Waals surface area contributed by atoms with E-state index < -0.39 is 0 Å². The Hall–Kier alpha value is -0.570. The van der Waals surface area contributed by atoms with Gasteiger partial charge in [-0.2, -0.15) is 0 Å². The van der Waals surface area contributed by atoms with Crippen LogP contribution < -0.4 is 0 Å². The number of carbonyl (C=O) groups is 1. The van der Waals surface area contributed by atoms with Gasteiger partial charge in [0.1, 0.15) is 0 Å². The van der Waals surface area contributed by atoms with Gasteiger partial charge in [-0.1, -0.05) is 32.6 Å². The second-order valence-corrected chi connectivity index (χ2v) is 4.39. The van der Waals surface area contributed by atoms with Gasteiger partial charge in [-0.3, -0.25) is 4.79 Å². The van der Waals surface area contributed by atoms with Crippen molar-refractivity contribution < 1.29 is 14.3 Å². The first kappa shape index (κ1) is 15.4. The van der Waals surface area contributed by atoms with E-state index in [1.807, 2.05) is 6.92 Å². The third-order valence-corrected chi connectivity index (χ3v) is 2.61. The van der Waals surface area contributed by atoms with Crippen LogP contribution in [0.15, 0.2) is 0 Å². The maximum absolute atomic E-state index is 11.0.